The summed E-state index contributed by atoms with van der Waals surface area (Å²) < 4.78 is 7.29. The van der Waals surface area contributed by atoms with Gasteiger partial charge in [-0.25, -0.2) is 9.97 Å². The Labute approximate surface area is 158 Å². The number of hydrogen-bond donors (Lipinski definition) is 2. The van der Waals surface area contributed by atoms with Crippen LogP contribution in [0.2, 0.25) is 0 Å². The van der Waals surface area contributed by atoms with Crippen molar-refractivity contribution in [3.63, 3.8) is 0 Å². The van der Waals surface area contributed by atoms with Crippen LogP contribution in [0.5, 0.6) is 0 Å². The van der Waals surface area contributed by atoms with Crippen LogP contribution in [0.3, 0.4) is 0 Å². The van der Waals surface area contributed by atoms with Crippen LogP contribution in [0, 0.1) is 0 Å². The lowest BCUT2D eigenvalue weighted by Gasteiger charge is -2.13. The van der Waals surface area contributed by atoms with Gasteiger partial charge in [0.1, 0.15) is 17.9 Å². The number of pyridine rings is 1. The molecule has 3 aromatic rings. The zero-order chi connectivity index (χ0) is 19.1. The molecule has 3 rings (SSSR count). The zero-order valence-electron chi connectivity index (χ0n) is 15.9. The van der Waals surface area contributed by atoms with Crippen molar-refractivity contribution in [3.8, 4) is 5.82 Å². The quantitative estimate of drug-likeness (QED) is 0.491. The van der Waals surface area contributed by atoms with E-state index in [1.807, 2.05) is 22.9 Å². The van der Waals surface area contributed by atoms with Gasteiger partial charge < -0.3 is 15.2 Å². The van der Waals surface area contributed by atoms with Gasteiger partial charge in [0.2, 0.25) is 0 Å². The van der Waals surface area contributed by atoms with E-state index in [1.54, 1.807) is 25.8 Å². The highest BCUT2D eigenvalue weighted by atomic mass is 16.5. The van der Waals surface area contributed by atoms with E-state index >= 15 is 0 Å². The first kappa shape index (κ1) is 18.6. The molecule has 0 aliphatic carbocycles. The lowest BCUT2D eigenvalue weighted by Crippen LogP contribution is -2.36. The molecule has 8 heteroatoms. The largest absolute Gasteiger partial charge is 0.361 e. The summed E-state index contributed by atoms with van der Waals surface area (Å²) in [6, 6.07) is 4.00. The fourth-order valence-corrected chi connectivity index (χ4v) is 2.82. The maximum absolute atomic E-state index is 5.41. The van der Waals surface area contributed by atoms with Crippen molar-refractivity contribution in [2.45, 2.75) is 39.8 Å². The Morgan fingerprint density at radius 2 is 2.04 bits per heavy atom. The van der Waals surface area contributed by atoms with E-state index in [2.05, 4.69) is 44.6 Å². The molecule has 8 nitrogen and oxygen atoms in total. The van der Waals surface area contributed by atoms with Crippen LogP contribution >= 0.6 is 0 Å². The summed E-state index contributed by atoms with van der Waals surface area (Å²) in [5, 5.41) is 10.8. The van der Waals surface area contributed by atoms with Crippen molar-refractivity contribution in [1.82, 2.24) is 30.3 Å². The van der Waals surface area contributed by atoms with Crippen LogP contribution in [0.4, 0.5) is 0 Å². The fraction of sp³-hybridized carbons (Fsp3) is 0.368. The number of nitrogens with one attached hydrogen (secondary N) is 2. The van der Waals surface area contributed by atoms with Gasteiger partial charge in [-0.3, -0.25) is 9.56 Å². The van der Waals surface area contributed by atoms with Crippen LogP contribution in [0.1, 0.15) is 36.4 Å². The average Bonchev–Trinajstić information content (AvgIpc) is 3.38. The molecule has 0 bridgehead atoms. The molecule has 3 heterocycles. The number of aromatic nitrogens is 4. The summed E-state index contributed by atoms with van der Waals surface area (Å²) in [6.45, 7) is 5.41. The lowest BCUT2D eigenvalue weighted by atomic mass is 10.1. The molecule has 0 spiro atoms. The first-order valence-electron chi connectivity index (χ1n) is 9.09. The number of imidazole rings is 1. The number of aryl methyl sites for hydroxylation is 2. The number of hydrogen-bond acceptors (Lipinski definition) is 5. The van der Waals surface area contributed by atoms with E-state index in [0.717, 1.165) is 47.2 Å². The minimum absolute atomic E-state index is 0.631. The molecule has 0 aliphatic rings. The number of nitrogens with zero attached hydrogens (tertiary/aromatic N) is 5. The molecule has 3 aromatic heterocycles. The van der Waals surface area contributed by atoms with Gasteiger partial charge in [-0.1, -0.05) is 19.0 Å². The first-order valence-corrected chi connectivity index (χ1v) is 9.09. The predicted octanol–water partition coefficient (Wildman–Crippen LogP) is 2.25. The van der Waals surface area contributed by atoms with Crippen LogP contribution in [-0.4, -0.2) is 32.7 Å². The second-order valence-corrected chi connectivity index (χ2v) is 6.01. The molecule has 0 aromatic carbocycles. The zero-order valence-corrected chi connectivity index (χ0v) is 15.9. The topological polar surface area (TPSA) is 93.2 Å². The van der Waals surface area contributed by atoms with E-state index in [4.69, 9.17) is 4.52 Å². The van der Waals surface area contributed by atoms with Gasteiger partial charge in [-0.2, -0.15) is 0 Å². The minimum atomic E-state index is 0.631. The van der Waals surface area contributed by atoms with Crippen molar-refractivity contribution >= 4 is 5.96 Å². The van der Waals surface area contributed by atoms with Gasteiger partial charge in [-0.05, 0) is 24.1 Å². The van der Waals surface area contributed by atoms with Crippen LogP contribution in [0.15, 0.2) is 46.6 Å². The van der Waals surface area contributed by atoms with Gasteiger partial charge in [0.05, 0.1) is 5.69 Å². The van der Waals surface area contributed by atoms with Gasteiger partial charge in [-0.15, -0.1) is 0 Å². The molecule has 0 radical (unpaired) electrons. The Morgan fingerprint density at radius 1 is 1.19 bits per heavy atom. The third kappa shape index (κ3) is 4.52. The van der Waals surface area contributed by atoms with Crippen molar-refractivity contribution < 1.29 is 4.52 Å². The van der Waals surface area contributed by atoms with E-state index in [1.165, 1.54) is 0 Å². The average molecular weight is 367 g/mol. The first-order chi connectivity index (χ1) is 13.2. The van der Waals surface area contributed by atoms with Gasteiger partial charge in [0, 0.05) is 50.7 Å². The highest BCUT2D eigenvalue weighted by Gasteiger charge is 2.13. The smallest absolute Gasteiger partial charge is 0.191 e. The predicted molar refractivity (Wildman–Crippen MR) is 104 cm³/mol. The number of aliphatic imine (C=N–C) groups is 1. The van der Waals surface area contributed by atoms with Crippen molar-refractivity contribution in [1.29, 1.82) is 0 Å². The van der Waals surface area contributed by atoms with Crippen molar-refractivity contribution in [3.05, 3.63) is 59.6 Å². The molecular weight excluding hydrogens is 342 g/mol. The molecule has 0 saturated carbocycles. The van der Waals surface area contributed by atoms with Gasteiger partial charge in [0.25, 0.3) is 0 Å². The van der Waals surface area contributed by atoms with Crippen LogP contribution < -0.4 is 10.6 Å². The molecule has 0 aliphatic heterocycles. The Balaban J connectivity index is 1.60. The third-order valence-corrected chi connectivity index (χ3v) is 4.30. The van der Waals surface area contributed by atoms with E-state index in [-0.39, 0.29) is 0 Å². The van der Waals surface area contributed by atoms with Gasteiger partial charge in [0.15, 0.2) is 5.96 Å². The standard InChI is InChI=1S/C19H25N7O/c1-4-16-15(17(5-2)27-25-16)12-24-19(20-3)23-11-14-6-7-22-18(10-14)26-9-8-21-13-26/h6-10,13H,4-5,11-12H2,1-3H3,(H2,20,23,24). The summed E-state index contributed by atoms with van der Waals surface area (Å²) in [7, 11) is 1.76. The normalized spacial score (nSPS) is 11.6. The Hall–Kier alpha value is -3.16. The number of guanidine groups is 1. The van der Waals surface area contributed by atoms with Crippen LogP contribution in [0.25, 0.3) is 5.82 Å². The molecule has 142 valence electrons. The molecule has 0 atom stereocenters. The van der Waals surface area contributed by atoms with E-state index in [9.17, 15) is 0 Å². The van der Waals surface area contributed by atoms with Crippen LogP contribution in [-0.2, 0) is 25.9 Å². The van der Waals surface area contributed by atoms with Crippen molar-refractivity contribution in [2.75, 3.05) is 7.05 Å². The highest BCUT2D eigenvalue weighted by molar-refractivity contribution is 5.79. The summed E-state index contributed by atoms with van der Waals surface area (Å²) in [5.74, 6) is 2.48. The maximum Gasteiger partial charge on any atom is 0.191 e. The third-order valence-electron chi connectivity index (χ3n) is 4.30. The monoisotopic (exact) mass is 367 g/mol. The molecule has 0 saturated heterocycles. The molecule has 27 heavy (non-hydrogen) atoms. The summed E-state index contributed by atoms with van der Waals surface area (Å²) in [6.07, 6.45) is 8.80. The second kappa shape index (κ2) is 8.98. The van der Waals surface area contributed by atoms with E-state index < -0.39 is 0 Å². The van der Waals surface area contributed by atoms with Crippen molar-refractivity contribution in [2.24, 2.45) is 4.99 Å². The molecular formula is C19H25N7O. The fourth-order valence-electron chi connectivity index (χ4n) is 2.82. The molecule has 2 N–H and O–H groups in total. The lowest BCUT2D eigenvalue weighted by molar-refractivity contribution is 0.380. The van der Waals surface area contributed by atoms with Gasteiger partial charge >= 0.3 is 0 Å². The Bertz CT molecular complexity index is 862. The summed E-state index contributed by atoms with van der Waals surface area (Å²) >= 11 is 0. The summed E-state index contributed by atoms with van der Waals surface area (Å²) in [4.78, 5) is 12.7. The second-order valence-electron chi connectivity index (χ2n) is 6.01. The Kier molecular flexibility index (Phi) is 6.19. The number of rotatable bonds is 7. The SMILES string of the molecule is CCc1noc(CC)c1CNC(=NC)NCc1ccnc(-n2ccnc2)c1. The minimum Gasteiger partial charge on any atom is -0.361 e. The molecule has 0 unspecified atom stereocenters. The summed E-state index contributed by atoms with van der Waals surface area (Å²) in [5.41, 5.74) is 3.22. The molecule has 0 amide bonds. The highest BCUT2D eigenvalue weighted by Crippen LogP contribution is 2.15. The van der Waals surface area contributed by atoms with E-state index in [0.29, 0.717) is 13.1 Å². The Morgan fingerprint density at radius 3 is 2.74 bits per heavy atom. The maximum atomic E-state index is 5.41. The molecule has 0 fully saturated rings.